The number of hydrogen-bond donors (Lipinski definition) is 2. The van der Waals surface area contributed by atoms with Crippen molar-refractivity contribution in [2.45, 2.75) is 82.6 Å². The molecule has 0 spiro atoms. The van der Waals surface area contributed by atoms with E-state index in [4.69, 9.17) is 5.73 Å². The molecule has 2 rings (SSSR count). The summed E-state index contributed by atoms with van der Waals surface area (Å²) < 4.78 is 0. The third-order valence-electron chi connectivity index (χ3n) is 6.61. The molecule has 0 aliphatic heterocycles. The highest BCUT2D eigenvalue weighted by Crippen LogP contribution is 2.25. The number of nitrogens with one attached hydrogen (secondary N) is 1. The summed E-state index contributed by atoms with van der Waals surface area (Å²) in [6.07, 6.45) is 13.0. The minimum absolute atomic E-state index is 0.0527. The summed E-state index contributed by atoms with van der Waals surface area (Å²) in [6.45, 7) is 0.799. The first-order valence-corrected chi connectivity index (χ1v) is 13.3. The van der Waals surface area contributed by atoms with Gasteiger partial charge in [0, 0.05) is 26.1 Å². The van der Waals surface area contributed by atoms with Gasteiger partial charge < -0.3 is 16.0 Å². The van der Waals surface area contributed by atoms with Crippen molar-refractivity contribution < 1.29 is 9.59 Å². The van der Waals surface area contributed by atoms with E-state index in [2.05, 4.69) is 5.32 Å². The second-order valence-electron chi connectivity index (χ2n) is 9.84. The Morgan fingerprint density at radius 2 is 1.23 bits per heavy atom. The maximum Gasteiger partial charge on any atom is 0.252 e. The Bertz CT molecular complexity index is 854. The first kappa shape index (κ1) is 28.6. The highest BCUT2D eigenvalue weighted by molar-refractivity contribution is 5.99. The molecule has 1 atom stereocenters. The van der Waals surface area contributed by atoms with Gasteiger partial charge in [0.05, 0.1) is 0 Å². The van der Waals surface area contributed by atoms with Crippen LogP contribution >= 0.6 is 0 Å². The van der Waals surface area contributed by atoms with E-state index in [9.17, 15) is 9.59 Å². The van der Waals surface area contributed by atoms with Crippen LogP contribution in [0.1, 0.15) is 86.6 Å². The molecule has 0 bridgehead atoms. The van der Waals surface area contributed by atoms with E-state index in [0.717, 1.165) is 37.8 Å². The fourth-order valence-corrected chi connectivity index (χ4v) is 4.67. The number of likely N-dealkylation sites (N-methyl/N-ethyl adjacent to an activating group) is 1. The van der Waals surface area contributed by atoms with Crippen molar-refractivity contribution in [2.75, 3.05) is 20.6 Å². The number of hydrogen-bond acceptors (Lipinski definition) is 3. The fourth-order valence-electron chi connectivity index (χ4n) is 4.67. The number of nitrogens with two attached hydrogens (primary N) is 1. The van der Waals surface area contributed by atoms with Gasteiger partial charge in [-0.25, -0.2) is 0 Å². The van der Waals surface area contributed by atoms with Crippen molar-refractivity contribution in [3.05, 3.63) is 71.8 Å². The van der Waals surface area contributed by atoms with Gasteiger partial charge in [0.2, 0.25) is 5.91 Å². The lowest BCUT2D eigenvalue weighted by Gasteiger charge is -2.36. The van der Waals surface area contributed by atoms with Gasteiger partial charge >= 0.3 is 0 Å². The van der Waals surface area contributed by atoms with E-state index in [1.807, 2.05) is 48.5 Å². The SMILES string of the molecule is CN(C)C(=O)C(CCCCCCCCCCCCN)(Cc1ccccc1)NC(=O)c1ccccc1. The zero-order chi connectivity index (χ0) is 25.4. The number of rotatable bonds is 17. The van der Waals surface area contributed by atoms with Crippen LogP contribution in [0.4, 0.5) is 0 Å². The second-order valence-corrected chi connectivity index (χ2v) is 9.84. The summed E-state index contributed by atoms with van der Waals surface area (Å²) in [5.74, 6) is -0.255. The summed E-state index contributed by atoms with van der Waals surface area (Å²) in [6, 6.07) is 19.2. The van der Waals surface area contributed by atoms with E-state index in [1.54, 1.807) is 31.1 Å². The van der Waals surface area contributed by atoms with Crippen molar-refractivity contribution in [1.82, 2.24) is 10.2 Å². The van der Waals surface area contributed by atoms with Gasteiger partial charge in [0.15, 0.2) is 0 Å². The minimum Gasteiger partial charge on any atom is -0.347 e. The van der Waals surface area contributed by atoms with Crippen LogP contribution in [0.15, 0.2) is 60.7 Å². The van der Waals surface area contributed by atoms with E-state index in [1.165, 1.54) is 38.5 Å². The molecule has 0 saturated heterocycles. The van der Waals surface area contributed by atoms with Gasteiger partial charge in [0.25, 0.3) is 5.91 Å². The lowest BCUT2D eigenvalue weighted by atomic mass is 9.83. The zero-order valence-electron chi connectivity index (χ0n) is 21.8. The molecule has 0 aliphatic rings. The highest BCUT2D eigenvalue weighted by atomic mass is 16.2. The van der Waals surface area contributed by atoms with E-state index in [-0.39, 0.29) is 11.8 Å². The first-order chi connectivity index (χ1) is 17.0. The van der Waals surface area contributed by atoms with Gasteiger partial charge in [-0.05, 0) is 37.1 Å². The normalized spacial score (nSPS) is 12.7. The van der Waals surface area contributed by atoms with Crippen LogP contribution in [0.3, 0.4) is 0 Å². The number of carbonyl (C=O) groups is 2. The van der Waals surface area contributed by atoms with Gasteiger partial charge in [-0.3, -0.25) is 9.59 Å². The van der Waals surface area contributed by atoms with E-state index < -0.39 is 5.54 Å². The molecule has 5 nitrogen and oxygen atoms in total. The molecule has 0 aromatic heterocycles. The molecule has 192 valence electrons. The molecule has 2 aromatic carbocycles. The molecule has 0 fully saturated rings. The van der Waals surface area contributed by atoms with Crippen molar-refractivity contribution in [3.63, 3.8) is 0 Å². The minimum atomic E-state index is -0.971. The van der Waals surface area contributed by atoms with Crippen LogP contribution in [0, 0.1) is 0 Å². The standard InChI is InChI=1S/C30H45N3O2/c1-33(2)29(35)30(25-26-19-13-11-14-20-26,32-28(34)27-21-15-12-16-22-27)23-17-9-7-5-3-4-6-8-10-18-24-31/h11-16,19-22H,3-10,17-18,23-25,31H2,1-2H3,(H,32,34). The molecular weight excluding hydrogens is 434 g/mol. The molecule has 3 N–H and O–H groups in total. The molecular formula is C30H45N3O2. The average molecular weight is 480 g/mol. The van der Waals surface area contributed by atoms with Crippen molar-refractivity contribution in [1.29, 1.82) is 0 Å². The fraction of sp³-hybridized carbons (Fsp3) is 0.533. The summed E-state index contributed by atoms with van der Waals surface area (Å²) in [4.78, 5) is 28.4. The monoisotopic (exact) mass is 479 g/mol. The summed E-state index contributed by atoms with van der Waals surface area (Å²) in [5, 5.41) is 3.17. The van der Waals surface area contributed by atoms with Crippen LogP contribution < -0.4 is 11.1 Å². The summed E-state index contributed by atoms with van der Waals surface area (Å²) in [5.41, 5.74) is 6.20. The van der Waals surface area contributed by atoms with E-state index in [0.29, 0.717) is 18.4 Å². The zero-order valence-corrected chi connectivity index (χ0v) is 21.8. The Morgan fingerprint density at radius 3 is 1.74 bits per heavy atom. The van der Waals surface area contributed by atoms with Gasteiger partial charge in [-0.2, -0.15) is 0 Å². The molecule has 0 radical (unpaired) electrons. The third kappa shape index (κ3) is 10.2. The van der Waals surface area contributed by atoms with Crippen LogP contribution in [0.2, 0.25) is 0 Å². The number of nitrogens with zero attached hydrogens (tertiary/aromatic N) is 1. The Labute approximate surface area is 212 Å². The highest BCUT2D eigenvalue weighted by Gasteiger charge is 2.40. The second kappa shape index (κ2) is 16.1. The van der Waals surface area contributed by atoms with Gasteiger partial charge in [-0.1, -0.05) is 106 Å². The summed E-state index contributed by atoms with van der Waals surface area (Å²) >= 11 is 0. The van der Waals surface area contributed by atoms with Gasteiger partial charge in [0.1, 0.15) is 5.54 Å². The Kier molecular flexibility index (Phi) is 13.1. The molecule has 2 aromatic rings. The Morgan fingerprint density at radius 1 is 0.743 bits per heavy atom. The number of amides is 2. The molecule has 2 amide bonds. The molecule has 0 heterocycles. The maximum atomic E-state index is 13.6. The number of benzene rings is 2. The molecule has 1 unspecified atom stereocenters. The topological polar surface area (TPSA) is 75.4 Å². The number of unbranched alkanes of at least 4 members (excludes halogenated alkanes) is 9. The average Bonchev–Trinajstić information content (AvgIpc) is 2.87. The van der Waals surface area contributed by atoms with E-state index >= 15 is 0 Å². The van der Waals surface area contributed by atoms with Crippen LogP contribution in [0.25, 0.3) is 0 Å². The molecule has 0 saturated carbocycles. The van der Waals surface area contributed by atoms with Crippen molar-refractivity contribution >= 4 is 11.8 Å². The van der Waals surface area contributed by atoms with Crippen LogP contribution in [-0.4, -0.2) is 42.9 Å². The van der Waals surface area contributed by atoms with Crippen LogP contribution in [0.5, 0.6) is 0 Å². The molecule has 0 aliphatic carbocycles. The van der Waals surface area contributed by atoms with Crippen LogP contribution in [-0.2, 0) is 11.2 Å². The lowest BCUT2D eigenvalue weighted by molar-refractivity contribution is -0.135. The first-order valence-electron chi connectivity index (χ1n) is 13.3. The maximum absolute atomic E-state index is 13.6. The van der Waals surface area contributed by atoms with Crippen molar-refractivity contribution in [2.24, 2.45) is 5.73 Å². The lowest BCUT2D eigenvalue weighted by Crippen LogP contribution is -2.59. The summed E-state index contributed by atoms with van der Waals surface area (Å²) in [7, 11) is 3.54. The molecule has 35 heavy (non-hydrogen) atoms. The Balaban J connectivity index is 2.01. The predicted molar refractivity (Wildman–Crippen MR) is 145 cm³/mol. The number of carbonyl (C=O) groups excluding carboxylic acids is 2. The smallest absolute Gasteiger partial charge is 0.252 e. The van der Waals surface area contributed by atoms with Gasteiger partial charge in [-0.15, -0.1) is 0 Å². The third-order valence-corrected chi connectivity index (χ3v) is 6.61. The largest absolute Gasteiger partial charge is 0.347 e. The Hall–Kier alpha value is -2.66. The predicted octanol–water partition coefficient (Wildman–Crippen LogP) is 5.74. The quantitative estimate of drug-likeness (QED) is 0.284. The molecule has 5 heteroatoms. The van der Waals surface area contributed by atoms with Crippen molar-refractivity contribution in [3.8, 4) is 0 Å².